The normalized spacial score (nSPS) is 12.0. The van der Waals surface area contributed by atoms with Crippen LogP contribution in [0.3, 0.4) is 0 Å². The van der Waals surface area contributed by atoms with Crippen LogP contribution in [-0.2, 0) is 33.5 Å². The minimum atomic E-state index is -0.120. The van der Waals surface area contributed by atoms with E-state index in [-0.39, 0.29) is 26.5 Å². The van der Waals surface area contributed by atoms with E-state index in [1.165, 1.54) is 27.1 Å². The van der Waals surface area contributed by atoms with Crippen molar-refractivity contribution in [2.75, 3.05) is 0 Å². The Hall–Kier alpha value is -7.21. The van der Waals surface area contributed by atoms with Crippen LogP contribution in [0.15, 0.2) is 170 Å². The molecule has 7 aromatic carbocycles. The fourth-order valence-corrected chi connectivity index (χ4v) is 9.38. The summed E-state index contributed by atoms with van der Waals surface area (Å²) < 4.78 is 17.7. The number of nitrogens with zero attached hydrogens (tertiary/aromatic N) is 6. The molecule has 0 saturated heterocycles. The zero-order chi connectivity index (χ0) is 41.7. The molecule has 0 spiro atoms. The van der Waals surface area contributed by atoms with Gasteiger partial charge in [-0.2, -0.15) is 18.2 Å². The number of rotatable bonds is 6. The first-order chi connectivity index (χ1) is 30.3. The Balaban J connectivity index is 0.00000444. The van der Waals surface area contributed by atoms with Gasteiger partial charge in [-0.3, -0.25) is 0 Å². The molecule has 0 radical (unpaired) electrons. The van der Waals surface area contributed by atoms with E-state index in [9.17, 15) is 0 Å². The first-order valence-corrected chi connectivity index (χ1v) is 21.0. The van der Waals surface area contributed by atoms with Gasteiger partial charge in [-0.15, -0.1) is 24.3 Å². The van der Waals surface area contributed by atoms with Crippen molar-refractivity contribution in [2.45, 2.75) is 26.2 Å². The van der Waals surface area contributed by atoms with Gasteiger partial charge in [-0.1, -0.05) is 110 Å². The Morgan fingerprint density at radius 2 is 1.17 bits per heavy atom. The van der Waals surface area contributed by atoms with Gasteiger partial charge < -0.3 is 27.6 Å². The zero-order valence-electron chi connectivity index (χ0n) is 35.1. The number of hydrogen-bond donors (Lipinski definition) is 0. The maximum Gasteiger partial charge on any atom is 0.241 e. The second-order valence-electron chi connectivity index (χ2n) is 17.0. The van der Waals surface area contributed by atoms with Crippen LogP contribution in [-0.4, -0.2) is 23.3 Å². The van der Waals surface area contributed by atoms with E-state index in [1.54, 1.807) is 0 Å². The standard InChI is InChI=1S/C55H40N6O.Pt/c1-55(2,3)36-28-29-56-48(32-36)61-47-34-41(62-40-21-15-20-39(33-40)58-31-30-57(4)35-58)26-27-44(47)51-52-49(42-22-11-13-24-45(42)59(52)37-16-7-5-8-17-37)50-43-23-12-14-25-46(43)60(53(50)54(51)61)38-18-9-6-10-19-38;/h5-32H,1-4H3;/q-2;. The van der Waals surface area contributed by atoms with Gasteiger partial charge >= 0.3 is 0 Å². The van der Waals surface area contributed by atoms with Crippen LogP contribution in [0.1, 0.15) is 26.3 Å². The third-order valence-electron chi connectivity index (χ3n) is 12.1. The van der Waals surface area contributed by atoms with Crippen molar-refractivity contribution in [3.8, 4) is 34.4 Å². The Morgan fingerprint density at radius 3 is 1.83 bits per heavy atom. The number of imidazole rings is 1. The SMILES string of the molecule is Cn1[c-][n+](-c2[c-]c(Oc3[c-]c4c(cc3)c3c(c5c(c6ccccc6n5-c5ccccc5)c5c6ccccc6n(-c6ccccc6)c53)n4-c3cc(C(C)(C)C)ccn3)ccc2)cc1.[Pt]. The summed E-state index contributed by atoms with van der Waals surface area (Å²) in [4.78, 5) is 5.19. The van der Waals surface area contributed by atoms with Crippen molar-refractivity contribution in [3.05, 3.63) is 194 Å². The van der Waals surface area contributed by atoms with Crippen LogP contribution in [0.5, 0.6) is 11.5 Å². The molecule has 0 saturated carbocycles. The second kappa shape index (κ2) is 14.7. The largest absolute Gasteiger partial charge is 0.510 e. The number of ether oxygens (including phenoxy) is 1. The second-order valence-corrected chi connectivity index (χ2v) is 17.0. The van der Waals surface area contributed by atoms with E-state index < -0.39 is 0 Å². The van der Waals surface area contributed by atoms with Crippen LogP contribution >= 0.6 is 0 Å². The molecule has 0 aliphatic carbocycles. The van der Waals surface area contributed by atoms with Crippen molar-refractivity contribution < 1.29 is 30.4 Å². The molecular weight excluding hydrogens is 956 g/mol. The topological polar surface area (TPSA) is 45.7 Å². The summed E-state index contributed by atoms with van der Waals surface area (Å²) in [5, 5.41) is 6.91. The summed E-state index contributed by atoms with van der Waals surface area (Å²) in [5.41, 5.74) is 10.5. The van der Waals surface area contributed by atoms with Crippen molar-refractivity contribution in [1.82, 2.24) is 23.3 Å². The first kappa shape index (κ1) is 38.7. The van der Waals surface area contributed by atoms with Gasteiger partial charge in [0, 0.05) is 84.1 Å². The van der Waals surface area contributed by atoms with Crippen LogP contribution < -0.4 is 9.30 Å². The van der Waals surface area contributed by atoms with Crippen LogP contribution in [0.25, 0.3) is 88.3 Å². The van der Waals surface area contributed by atoms with Crippen molar-refractivity contribution >= 4 is 65.4 Å². The summed E-state index contributed by atoms with van der Waals surface area (Å²) in [6.07, 6.45) is 9.11. The maximum absolute atomic E-state index is 6.69. The minimum Gasteiger partial charge on any atom is -0.510 e. The number of hydrogen-bond acceptors (Lipinski definition) is 2. The van der Waals surface area contributed by atoms with E-state index in [4.69, 9.17) is 9.72 Å². The molecule has 7 nitrogen and oxygen atoms in total. The van der Waals surface area contributed by atoms with E-state index in [2.05, 4.69) is 180 Å². The number of pyridine rings is 1. The minimum absolute atomic E-state index is 0. The van der Waals surface area contributed by atoms with Gasteiger partial charge in [0.25, 0.3) is 0 Å². The van der Waals surface area contributed by atoms with Gasteiger partial charge in [0.15, 0.2) is 0 Å². The van der Waals surface area contributed by atoms with Crippen LogP contribution in [0.2, 0.25) is 0 Å². The third kappa shape index (κ3) is 6.06. The Labute approximate surface area is 378 Å². The van der Waals surface area contributed by atoms with Crippen molar-refractivity contribution in [1.29, 1.82) is 0 Å². The summed E-state index contributed by atoms with van der Waals surface area (Å²) in [5.74, 6) is 1.96. The quantitative estimate of drug-likeness (QED) is 0.123. The molecule has 5 aromatic heterocycles. The monoisotopic (exact) mass is 995 g/mol. The molecule has 0 aliphatic rings. The van der Waals surface area contributed by atoms with Gasteiger partial charge in [0.05, 0.1) is 34.6 Å². The Kier molecular flexibility index (Phi) is 9.04. The van der Waals surface area contributed by atoms with Gasteiger partial charge in [0.1, 0.15) is 5.82 Å². The molecule has 308 valence electrons. The van der Waals surface area contributed by atoms with Crippen LogP contribution in [0, 0.1) is 18.5 Å². The fourth-order valence-electron chi connectivity index (χ4n) is 9.38. The van der Waals surface area contributed by atoms with E-state index in [1.807, 2.05) is 59.0 Å². The average Bonchev–Trinajstić information content (AvgIpc) is 4.06. The smallest absolute Gasteiger partial charge is 0.241 e. The molecule has 5 heterocycles. The van der Waals surface area contributed by atoms with Gasteiger partial charge in [-0.05, 0) is 64.9 Å². The number of aryl methyl sites for hydroxylation is 1. The van der Waals surface area contributed by atoms with Gasteiger partial charge in [-0.25, -0.2) is 4.98 Å². The first-order valence-electron chi connectivity index (χ1n) is 21.0. The molecule has 8 heteroatoms. The van der Waals surface area contributed by atoms with Crippen molar-refractivity contribution in [2.24, 2.45) is 7.05 Å². The predicted octanol–water partition coefficient (Wildman–Crippen LogP) is 12.5. The molecule has 0 aliphatic heterocycles. The molecule has 63 heavy (non-hydrogen) atoms. The van der Waals surface area contributed by atoms with E-state index in [0.717, 1.165) is 66.8 Å². The Bertz CT molecular complexity index is 3720. The number of fused-ring (bicyclic) bond motifs is 12. The van der Waals surface area contributed by atoms with Gasteiger partial charge in [0.2, 0.25) is 6.33 Å². The van der Waals surface area contributed by atoms with E-state index >= 15 is 0 Å². The molecule has 12 aromatic rings. The Morgan fingerprint density at radius 1 is 0.571 bits per heavy atom. The van der Waals surface area contributed by atoms with E-state index in [0.29, 0.717) is 11.5 Å². The molecule has 12 rings (SSSR count). The number of aromatic nitrogens is 6. The number of para-hydroxylation sites is 4. The summed E-state index contributed by atoms with van der Waals surface area (Å²) in [7, 11) is 1.95. The summed E-state index contributed by atoms with van der Waals surface area (Å²) >= 11 is 0. The third-order valence-corrected chi connectivity index (χ3v) is 12.1. The predicted molar refractivity (Wildman–Crippen MR) is 249 cm³/mol. The van der Waals surface area contributed by atoms with Crippen LogP contribution in [0.4, 0.5) is 0 Å². The molecule has 0 unspecified atom stereocenters. The van der Waals surface area contributed by atoms with Crippen molar-refractivity contribution in [3.63, 3.8) is 0 Å². The average molecular weight is 996 g/mol. The molecule has 0 amide bonds. The molecule has 0 bridgehead atoms. The molecule has 0 N–H and O–H groups in total. The molecule has 0 fully saturated rings. The summed E-state index contributed by atoms with van der Waals surface area (Å²) in [6, 6.07) is 60.9. The molecular formula is C55H40N6OPt-2. The fraction of sp³-hybridized carbons (Fsp3) is 0.0909. The summed E-state index contributed by atoms with van der Waals surface area (Å²) in [6.45, 7) is 6.75. The zero-order valence-corrected chi connectivity index (χ0v) is 37.3. The number of benzene rings is 7. The molecule has 0 atom stereocenters. The maximum atomic E-state index is 6.69.